The van der Waals surface area contributed by atoms with E-state index < -0.39 is 0 Å². The van der Waals surface area contributed by atoms with E-state index in [2.05, 4.69) is 28.2 Å². The number of halogens is 1. The van der Waals surface area contributed by atoms with Crippen molar-refractivity contribution in [2.75, 3.05) is 19.6 Å². The molecule has 0 bridgehead atoms. The van der Waals surface area contributed by atoms with E-state index in [0.717, 1.165) is 35.2 Å². The van der Waals surface area contributed by atoms with Crippen molar-refractivity contribution in [2.45, 2.75) is 19.9 Å². The summed E-state index contributed by atoms with van der Waals surface area (Å²) in [5, 5.41) is 3.34. The van der Waals surface area contributed by atoms with Crippen molar-refractivity contribution in [1.29, 1.82) is 0 Å². The Kier molecular flexibility index (Phi) is 3.84. The molecule has 1 aliphatic rings. The first-order valence-corrected chi connectivity index (χ1v) is 6.66. The highest BCUT2D eigenvalue weighted by molar-refractivity contribution is 9.10. The van der Waals surface area contributed by atoms with Crippen LogP contribution in [0.15, 0.2) is 22.7 Å². The van der Waals surface area contributed by atoms with Gasteiger partial charge in [0.2, 0.25) is 0 Å². The lowest BCUT2D eigenvalue weighted by Gasteiger charge is -2.32. The first kappa shape index (κ1) is 12.6. The van der Waals surface area contributed by atoms with Crippen LogP contribution in [-0.2, 0) is 0 Å². The maximum atomic E-state index is 12.4. The predicted octanol–water partition coefficient (Wildman–Crippen LogP) is 2.19. The van der Waals surface area contributed by atoms with Crippen LogP contribution in [0.3, 0.4) is 0 Å². The van der Waals surface area contributed by atoms with Gasteiger partial charge in [-0.25, -0.2) is 0 Å². The van der Waals surface area contributed by atoms with Crippen molar-refractivity contribution in [3.05, 3.63) is 33.8 Å². The molecule has 0 spiro atoms. The number of amides is 1. The van der Waals surface area contributed by atoms with Crippen LogP contribution in [0, 0.1) is 6.92 Å². The van der Waals surface area contributed by atoms with Gasteiger partial charge in [-0.2, -0.15) is 0 Å². The van der Waals surface area contributed by atoms with Crippen LogP contribution in [-0.4, -0.2) is 36.5 Å². The third-order valence-corrected chi connectivity index (χ3v) is 3.57. The van der Waals surface area contributed by atoms with Crippen molar-refractivity contribution in [2.24, 2.45) is 0 Å². The van der Waals surface area contributed by atoms with E-state index in [-0.39, 0.29) is 5.91 Å². The predicted molar refractivity (Wildman–Crippen MR) is 72.2 cm³/mol. The number of nitrogens with one attached hydrogen (secondary N) is 1. The molecule has 1 aromatic carbocycles. The van der Waals surface area contributed by atoms with Gasteiger partial charge >= 0.3 is 0 Å². The second kappa shape index (κ2) is 5.19. The van der Waals surface area contributed by atoms with Crippen molar-refractivity contribution in [1.82, 2.24) is 10.2 Å². The molecule has 0 unspecified atom stereocenters. The van der Waals surface area contributed by atoms with Crippen molar-refractivity contribution in [3.63, 3.8) is 0 Å². The smallest absolute Gasteiger partial charge is 0.254 e. The van der Waals surface area contributed by atoms with Crippen LogP contribution in [0.2, 0.25) is 0 Å². The average molecular weight is 297 g/mol. The number of nitrogens with zero attached hydrogens (tertiary/aromatic N) is 1. The number of piperazine rings is 1. The third kappa shape index (κ3) is 2.87. The molecule has 1 aliphatic heterocycles. The summed E-state index contributed by atoms with van der Waals surface area (Å²) in [6.45, 7) is 6.53. The Bertz CT molecular complexity index is 433. The van der Waals surface area contributed by atoms with Crippen LogP contribution in [0.4, 0.5) is 0 Å². The molecule has 1 fully saturated rings. The maximum Gasteiger partial charge on any atom is 0.254 e. The highest BCUT2D eigenvalue weighted by atomic mass is 79.9. The molecule has 0 aliphatic carbocycles. The quantitative estimate of drug-likeness (QED) is 0.862. The molecule has 1 aromatic rings. The van der Waals surface area contributed by atoms with Gasteiger partial charge in [-0.1, -0.05) is 15.9 Å². The Morgan fingerprint density at radius 2 is 2.29 bits per heavy atom. The molecule has 0 saturated carbocycles. The van der Waals surface area contributed by atoms with Crippen LogP contribution in [0.1, 0.15) is 22.8 Å². The number of benzene rings is 1. The summed E-state index contributed by atoms with van der Waals surface area (Å²) < 4.78 is 1.01. The minimum absolute atomic E-state index is 0.142. The van der Waals surface area contributed by atoms with E-state index >= 15 is 0 Å². The molecular formula is C13H17BrN2O. The molecule has 0 radical (unpaired) electrons. The van der Waals surface area contributed by atoms with Crippen molar-refractivity contribution < 1.29 is 4.79 Å². The SMILES string of the molecule is Cc1cc(Br)ccc1C(=O)N1CCN[C@@H](C)C1. The van der Waals surface area contributed by atoms with Gasteiger partial charge in [0.05, 0.1) is 0 Å². The fourth-order valence-electron chi connectivity index (χ4n) is 2.15. The van der Waals surface area contributed by atoms with Gasteiger partial charge in [0.1, 0.15) is 0 Å². The summed E-state index contributed by atoms with van der Waals surface area (Å²) in [5.41, 5.74) is 1.83. The first-order valence-electron chi connectivity index (χ1n) is 5.87. The summed E-state index contributed by atoms with van der Waals surface area (Å²) in [7, 11) is 0. The molecule has 0 aromatic heterocycles. The molecule has 1 saturated heterocycles. The van der Waals surface area contributed by atoms with Crippen LogP contribution < -0.4 is 5.32 Å². The van der Waals surface area contributed by atoms with E-state index in [1.807, 2.05) is 30.0 Å². The number of hydrogen-bond donors (Lipinski definition) is 1. The Morgan fingerprint density at radius 1 is 1.53 bits per heavy atom. The van der Waals surface area contributed by atoms with Gasteiger partial charge in [0.15, 0.2) is 0 Å². The van der Waals surface area contributed by atoms with E-state index in [0.29, 0.717) is 6.04 Å². The van der Waals surface area contributed by atoms with E-state index in [4.69, 9.17) is 0 Å². The van der Waals surface area contributed by atoms with Gasteiger partial charge in [0, 0.05) is 35.7 Å². The molecule has 2 rings (SSSR count). The molecule has 92 valence electrons. The second-order valence-electron chi connectivity index (χ2n) is 4.57. The maximum absolute atomic E-state index is 12.4. The highest BCUT2D eigenvalue weighted by Gasteiger charge is 2.22. The molecule has 17 heavy (non-hydrogen) atoms. The highest BCUT2D eigenvalue weighted by Crippen LogP contribution is 2.18. The first-order chi connectivity index (χ1) is 8.08. The number of hydrogen-bond acceptors (Lipinski definition) is 2. The van der Waals surface area contributed by atoms with Crippen molar-refractivity contribution >= 4 is 21.8 Å². The average Bonchev–Trinajstić information content (AvgIpc) is 2.28. The number of carbonyl (C=O) groups is 1. The third-order valence-electron chi connectivity index (χ3n) is 3.07. The fourth-order valence-corrected chi connectivity index (χ4v) is 2.63. The number of rotatable bonds is 1. The lowest BCUT2D eigenvalue weighted by atomic mass is 10.1. The molecule has 4 heteroatoms. The van der Waals surface area contributed by atoms with Gasteiger partial charge < -0.3 is 10.2 Å². The summed E-state index contributed by atoms with van der Waals surface area (Å²) in [4.78, 5) is 14.3. The zero-order chi connectivity index (χ0) is 12.4. The Labute approximate surface area is 110 Å². The topological polar surface area (TPSA) is 32.3 Å². The Balaban J connectivity index is 2.18. The van der Waals surface area contributed by atoms with Crippen LogP contribution in [0.25, 0.3) is 0 Å². The van der Waals surface area contributed by atoms with Gasteiger partial charge in [0.25, 0.3) is 5.91 Å². The van der Waals surface area contributed by atoms with Crippen LogP contribution >= 0.6 is 15.9 Å². The minimum Gasteiger partial charge on any atom is -0.336 e. The second-order valence-corrected chi connectivity index (χ2v) is 5.48. The summed E-state index contributed by atoms with van der Waals surface area (Å²) >= 11 is 3.42. The molecule has 3 nitrogen and oxygen atoms in total. The van der Waals surface area contributed by atoms with Gasteiger partial charge in [-0.05, 0) is 37.6 Å². The monoisotopic (exact) mass is 296 g/mol. The summed E-state index contributed by atoms with van der Waals surface area (Å²) in [6, 6.07) is 6.18. The summed E-state index contributed by atoms with van der Waals surface area (Å²) in [5.74, 6) is 0.142. The molecule has 1 atom stereocenters. The van der Waals surface area contributed by atoms with E-state index in [1.165, 1.54) is 0 Å². The lowest BCUT2D eigenvalue weighted by molar-refractivity contribution is 0.0708. The molecule has 1 amide bonds. The van der Waals surface area contributed by atoms with Crippen LogP contribution in [0.5, 0.6) is 0 Å². The Hall–Kier alpha value is -0.870. The zero-order valence-corrected chi connectivity index (χ0v) is 11.8. The standard InChI is InChI=1S/C13H17BrN2O/c1-9-7-11(14)3-4-12(9)13(17)16-6-5-15-10(2)8-16/h3-4,7,10,15H,5-6,8H2,1-2H3/t10-/m0/s1. The summed E-state index contributed by atoms with van der Waals surface area (Å²) in [6.07, 6.45) is 0. The minimum atomic E-state index is 0.142. The number of carbonyl (C=O) groups excluding carboxylic acids is 1. The van der Waals surface area contributed by atoms with Gasteiger partial charge in [-0.15, -0.1) is 0 Å². The van der Waals surface area contributed by atoms with Crippen molar-refractivity contribution in [3.8, 4) is 0 Å². The lowest BCUT2D eigenvalue weighted by Crippen LogP contribution is -2.51. The largest absolute Gasteiger partial charge is 0.336 e. The number of aryl methyl sites for hydroxylation is 1. The Morgan fingerprint density at radius 3 is 2.94 bits per heavy atom. The molecule has 1 heterocycles. The molecular weight excluding hydrogens is 280 g/mol. The fraction of sp³-hybridized carbons (Fsp3) is 0.462. The zero-order valence-electron chi connectivity index (χ0n) is 10.2. The van der Waals surface area contributed by atoms with E-state index in [9.17, 15) is 4.79 Å². The van der Waals surface area contributed by atoms with Gasteiger partial charge in [-0.3, -0.25) is 4.79 Å². The normalized spacial score (nSPS) is 20.4. The molecule has 1 N–H and O–H groups in total. The van der Waals surface area contributed by atoms with E-state index in [1.54, 1.807) is 0 Å².